The second kappa shape index (κ2) is 6.68. The van der Waals surface area contributed by atoms with Crippen molar-refractivity contribution in [1.29, 1.82) is 0 Å². The fourth-order valence-corrected chi connectivity index (χ4v) is 2.84. The van der Waals surface area contributed by atoms with Crippen molar-refractivity contribution in [2.75, 3.05) is 6.54 Å². The van der Waals surface area contributed by atoms with Gasteiger partial charge in [-0.2, -0.15) is 0 Å². The van der Waals surface area contributed by atoms with Crippen LogP contribution < -0.4 is 4.72 Å². The standard InChI is InChI=1S/C13H20BrNO2S/c1-10(2)11(3)9-15-18(16,17)13-6-4-12(8-14)5-7-13/h4-7,10-11,15H,8-9H2,1-3H3. The third kappa shape index (κ3) is 4.37. The second-order valence-corrected chi connectivity index (χ2v) is 7.18. The highest BCUT2D eigenvalue weighted by Gasteiger charge is 2.16. The molecule has 1 aromatic rings. The van der Waals surface area contributed by atoms with Gasteiger partial charge in [0.05, 0.1) is 4.90 Å². The molecule has 0 spiro atoms. The first-order valence-corrected chi connectivity index (χ1v) is 8.62. The van der Waals surface area contributed by atoms with E-state index >= 15 is 0 Å². The molecule has 0 aliphatic heterocycles. The first-order valence-electron chi connectivity index (χ1n) is 6.01. The summed E-state index contributed by atoms with van der Waals surface area (Å²) in [6, 6.07) is 6.91. The van der Waals surface area contributed by atoms with Crippen LogP contribution in [0.25, 0.3) is 0 Å². The van der Waals surface area contributed by atoms with Crippen molar-refractivity contribution in [2.45, 2.75) is 31.0 Å². The Balaban J connectivity index is 2.73. The lowest BCUT2D eigenvalue weighted by Gasteiger charge is -2.16. The number of sulfonamides is 1. The fraction of sp³-hybridized carbons (Fsp3) is 0.538. The minimum absolute atomic E-state index is 0.321. The molecule has 0 saturated carbocycles. The van der Waals surface area contributed by atoms with Crippen LogP contribution in [0.5, 0.6) is 0 Å². The quantitative estimate of drug-likeness (QED) is 0.813. The number of hydrogen-bond donors (Lipinski definition) is 1. The predicted molar refractivity (Wildman–Crippen MR) is 78.3 cm³/mol. The number of hydrogen-bond acceptors (Lipinski definition) is 2. The van der Waals surface area contributed by atoms with Gasteiger partial charge in [0.25, 0.3) is 0 Å². The van der Waals surface area contributed by atoms with Gasteiger partial charge in [-0.3, -0.25) is 0 Å². The van der Waals surface area contributed by atoms with E-state index in [0.717, 1.165) is 10.9 Å². The highest BCUT2D eigenvalue weighted by molar-refractivity contribution is 9.08. The highest BCUT2D eigenvalue weighted by Crippen LogP contribution is 2.14. The van der Waals surface area contributed by atoms with Crippen LogP contribution in [-0.2, 0) is 15.4 Å². The van der Waals surface area contributed by atoms with Crippen molar-refractivity contribution in [3.05, 3.63) is 29.8 Å². The minimum Gasteiger partial charge on any atom is -0.211 e. The van der Waals surface area contributed by atoms with Gasteiger partial charge < -0.3 is 0 Å². The Morgan fingerprint density at radius 1 is 1.17 bits per heavy atom. The van der Waals surface area contributed by atoms with E-state index in [4.69, 9.17) is 0 Å². The maximum Gasteiger partial charge on any atom is 0.240 e. The monoisotopic (exact) mass is 333 g/mol. The Morgan fingerprint density at radius 2 is 1.72 bits per heavy atom. The van der Waals surface area contributed by atoms with Crippen LogP contribution in [0.1, 0.15) is 26.3 Å². The van der Waals surface area contributed by atoms with Gasteiger partial charge in [-0.1, -0.05) is 48.8 Å². The zero-order chi connectivity index (χ0) is 13.8. The largest absolute Gasteiger partial charge is 0.240 e. The molecule has 0 amide bonds. The predicted octanol–water partition coefficient (Wildman–Crippen LogP) is 3.15. The molecule has 0 aromatic heterocycles. The number of rotatable bonds is 6. The van der Waals surface area contributed by atoms with Crippen LogP contribution in [0.2, 0.25) is 0 Å². The normalized spacial score (nSPS) is 13.8. The number of halogens is 1. The Kier molecular flexibility index (Phi) is 5.82. The van der Waals surface area contributed by atoms with Crippen molar-refractivity contribution in [2.24, 2.45) is 11.8 Å². The lowest BCUT2D eigenvalue weighted by molar-refractivity contribution is 0.414. The summed E-state index contributed by atoms with van der Waals surface area (Å²) in [4.78, 5) is 0.322. The summed E-state index contributed by atoms with van der Waals surface area (Å²) < 4.78 is 26.7. The van der Waals surface area contributed by atoms with Gasteiger partial charge in [0.1, 0.15) is 0 Å². The molecule has 0 aliphatic carbocycles. The summed E-state index contributed by atoms with van der Waals surface area (Å²) in [6.07, 6.45) is 0. The van der Waals surface area contributed by atoms with Crippen LogP contribution >= 0.6 is 15.9 Å². The minimum atomic E-state index is -3.38. The first-order chi connectivity index (χ1) is 8.36. The Bertz CT molecular complexity index is 468. The lowest BCUT2D eigenvalue weighted by Crippen LogP contribution is -2.30. The fourth-order valence-electron chi connectivity index (χ4n) is 1.32. The van der Waals surface area contributed by atoms with Crippen molar-refractivity contribution >= 4 is 26.0 Å². The van der Waals surface area contributed by atoms with Crippen LogP contribution in [0.4, 0.5) is 0 Å². The molecule has 0 saturated heterocycles. The SMILES string of the molecule is CC(C)C(C)CNS(=O)(=O)c1ccc(CBr)cc1. The third-order valence-corrected chi connectivity index (χ3v) is 5.21. The van der Waals surface area contributed by atoms with Crippen LogP contribution in [0, 0.1) is 11.8 Å². The Hall–Kier alpha value is -0.390. The van der Waals surface area contributed by atoms with E-state index in [-0.39, 0.29) is 0 Å². The van der Waals surface area contributed by atoms with Crippen molar-refractivity contribution in [3.8, 4) is 0 Å². The van der Waals surface area contributed by atoms with Crippen molar-refractivity contribution in [3.63, 3.8) is 0 Å². The van der Waals surface area contributed by atoms with Gasteiger partial charge in [0.2, 0.25) is 10.0 Å². The lowest BCUT2D eigenvalue weighted by atomic mass is 9.99. The summed E-state index contributed by atoms with van der Waals surface area (Å²) in [5.74, 6) is 0.782. The smallest absolute Gasteiger partial charge is 0.211 e. The molecule has 3 nitrogen and oxygen atoms in total. The van der Waals surface area contributed by atoms with E-state index in [1.165, 1.54) is 0 Å². The molecule has 1 aromatic carbocycles. The molecule has 0 aliphatic rings. The molecule has 5 heteroatoms. The van der Waals surface area contributed by atoms with Crippen molar-refractivity contribution < 1.29 is 8.42 Å². The van der Waals surface area contributed by atoms with E-state index in [1.807, 2.05) is 19.1 Å². The van der Waals surface area contributed by atoms with Gasteiger partial charge in [-0.25, -0.2) is 13.1 Å². The van der Waals surface area contributed by atoms with Crippen LogP contribution in [0.3, 0.4) is 0 Å². The molecular formula is C13H20BrNO2S. The number of alkyl halides is 1. The molecule has 0 bridgehead atoms. The van der Waals surface area contributed by atoms with Gasteiger partial charge in [0.15, 0.2) is 0 Å². The summed E-state index contributed by atoms with van der Waals surface area (Å²) in [6.45, 7) is 6.69. The number of nitrogens with one attached hydrogen (secondary N) is 1. The van der Waals surface area contributed by atoms with Crippen LogP contribution in [-0.4, -0.2) is 15.0 Å². The van der Waals surface area contributed by atoms with E-state index < -0.39 is 10.0 Å². The molecule has 0 fully saturated rings. The zero-order valence-corrected chi connectivity index (χ0v) is 13.4. The Morgan fingerprint density at radius 3 is 2.17 bits per heavy atom. The van der Waals surface area contributed by atoms with E-state index in [9.17, 15) is 8.42 Å². The van der Waals surface area contributed by atoms with Crippen molar-refractivity contribution in [1.82, 2.24) is 4.72 Å². The summed E-state index contributed by atoms with van der Waals surface area (Å²) in [5.41, 5.74) is 1.06. The summed E-state index contributed by atoms with van der Waals surface area (Å²) in [7, 11) is -3.38. The Labute approximate surface area is 118 Å². The maximum atomic E-state index is 12.0. The summed E-state index contributed by atoms with van der Waals surface area (Å²) >= 11 is 3.33. The molecule has 1 rings (SSSR count). The van der Waals surface area contributed by atoms with Gasteiger partial charge >= 0.3 is 0 Å². The zero-order valence-electron chi connectivity index (χ0n) is 11.0. The molecule has 1 N–H and O–H groups in total. The molecule has 1 unspecified atom stereocenters. The van der Waals surface area contributed by atoms with Gasteiger partial charge in [-0.05, 0) is 29.5 Å². The second-order valence-electron chi connectivity index (χ2n) is 4.85. The molecule has 0 radical (unpaired) electrons. The molecule has 0 heterocycles. The molecule has 102 valence electrons. The van der Waals surface area contributed by atoms with E-state index in [2.05, 4.69) is 34.5 Å². The summed E-state index contributed by atoms with van der Waals surface area (Å²) in [5, 5.41) is 0.727. The van der Waals surface area contributed by atoms with Crippen LogP contribution in [0.15, 0.2) is 29.2 Å². The highest BCUT2D eigenvalue weighted by atomic mass is 79.9. The molecule has 18 heavy (non-hydrogen) atoms. The van der Waals surface area contributed by atoms with E-state index in [0.29, 0.717) is 23.3 Å². The van der Waals surface area contributed by atoms with Gasteiger partial charge in [-0.15, -0.1) is 0 Å². The average molecular weight is 334 g/mol. The topological polar surface area (TPSA) is 46.2 Å². The molecule has 1 atom stereocenters. The number of benzene rings is 1. The average Bonchev–Trinajstić information content (AvgIpc) is 2.36. The maximum absolute atomic E-state index is 12.0. The van der Waals surface area contributed by atoms with E-state index in [1.54, 1.807) is 12.1 Å². The molecular weight excluding hydrogens is 314 g/mol. The van der Waals surface area contributed by atoms with Gasteiger partial charge in [0, 0.05) is 11.9 Å². The first kappa shape index (κ1) is 15.7. The third-order valence-electron chi connectivity index (χ3n) is 3.12.